The molecule has 0 radical (unpaired) electrons. The van der Waals surface area contributed by atoms with Crippen LogP contribution in [0.4, 0.5) is 0 Å². The summed E-state index contributed by atoms with van der Waals surface area (Å²) in [6, 6.07) is 0. The lowest BCUT2D eigenvalue weighted by molar-refractivity contribution is -0.122. The lowest BCUT2D eigenvalue weighted by atomic mass is 9.88. The fraction of sp³-hybridized carbons (Fsp3) is 0.357. The Morgan fingerprint density at radius 2 is 1.75 bits per heavy atom. The van der Waals surface area contributed by atoms with Crippen LogP contribution < -0.4 is 0 Å². The molecular formula is C14H16O2. The number of carbonyl (C=O) groups excluding carboxylic acids is 2. The quantitative estimate of drug-likeness (QED) is 0.583. The minimum absolute atomic E-state index is 0.0193. The Bertz CT molecular complexity index is 416. The first-order valence-electron chi connectivity index (χ1n) is 5.61. The Morgan fingerprint density at radius 3 is 2.44 bits per heavy atom. The van der Waals surface area contributed by atoms with E-state index in [0.29, 0.717) is 24.0 Å². The van der Waals surface area contributed by atoms with Gasteiger partial charge in [0, 0.05) is 18.4 Å². The van der Waals surface area contributed by atoms with Crippen molar-refractivity contribution in [2.24, 2.45) is 0 Å². The van der Waals surface area contributed by atoms with E-state index in [4.69, 9.17) is 0 Å². The predicted octanol–water partition coefficient (Wildman–Crippen LogP) is 2.91. The molecule has 2 nitrogen and oxygen atoms in total. The van der Waals surface area contributed by atoms with Crippen molar-refractivity contribution in [1.82, 2.24) is 0 Å². The van der Waals surface area contributed by atoms with E-state index in [1.165, 1.54) is 6.42 Å². The maximum absolute atomic E-state index is 11.4. The molecule has 0 N–H and O–H groups in total. The summed E-state index contributed by atoms with van der Waals surface area (Å²) in [6.45, 7) is 4.25. The predicted molar refractivity (Wildman–Crippen MR) is 64.0 cm³/mol. The van der Waals surface area contributed by atoms with Crippen LogP contribution in [0, 0.1) is 0 Å². The maximum Gasteiger partial charge on any atom is 0.171 e. The van der Waals surface area contributed by atoms with E-state index in [9.17, 15) is 9.59 Å². The molecule has 2 heteroatoms. The van der Waals surface area contributed by atoms with Crippen molar-refractivity contribution >= 4 is 11.6 Å². The second kappa shape index (κ2) is 6.04. The molecule has 0 aliphatic heterocycles. The van der Waals surface area contributed by atoms with Crippen molar-refractivity contribution in [3.63, 3.8) is 0 Å². The van der Waals surface area contributed by atoms with Crippen LogP contribution in [0.25, 0.3) is 0 Å². The third kappa shape index (κ3) is 2.91. The second-order valence-corrected chi connectivity index (χ2v) is 3.70. The smallest absolute Gasteiger partial charge is 0.171 e. The summed E-state index contributed by atoms with van der Waals surface area (Å²) in [4.78, 5) is 22.8. The molecule has 0 unspecified atom stereocenters. The van der Waals surface area contributed by atoms with E-state index in [-0.39, 0.29) is 11.6 Å². The number of ketones is 2. The number of allylic oxidation sites excluding steroid dienone is 5. The summed E-state index contributed by atoms with van der Waals surface area (Å²) in [6.07, 6.45) is 8.78. The van der Waals surface area contributed by atoms with Crippen LogP contribution in [0.1, 0.15) is 33.1 Å². The summed E-state index contributed by atoms with van der Waals surface area (Å²) >= 11 is 0. The van der Waals surface area contributed by atoms with E-state index < -0.39 is 0 Å². The minimum Gasteiger partial charge on any atom is -0.294 e. The highest BCUT2D eigenvalue weighted by Gasteiger charge is 2.26. The summed E-state index contributed by atoms with van der Waals surface area (Å²) < 4.78 is 0. The highest BCUT2D eigenvalue weighted by Crippen LogP contribution is 2.23. The van der Waals surface area contributed by atoms with E-state index in [2.05, 4.69) is 19.6 Å². The summed E-state index contributed by atoms with van der Waals surface area (Å²) in [7, 11) is 0. The summed E-state index contributed by atoms with van der Waals surface area (Å²) in [5.41, 5.74) is 3.79. The van der Waals surface area contributed by atoms with Crippen molar-refractivity contribution in [3.05, 3.63) is 41.2 Å². The Hall–Kier alpha value is -1.66. The molecule has 0 atom stereocenters. The van der Waals surface area contributed by atoms with Crippen LogP contribution in [0.5, 0.6) is 0 Å². The number of hydrogen-bond acceptors (Lipinski definition) is 2. The van der Waals surface area contributed by atoms with Gasteiger partial charge in [-0.05, 0) is 6.08 Å². The van der Waals surface area contributed by atoms with E-state index >= 15 is 0 Å². The normalized spacial score (nSPS) is 17.9. The second-order valence-electron chi connectivity index (χ2n) is 3.70. The molecule has 0 aromatic carbocycles. The minimum atomic E-state index is 0.0193. The molecule has 2 aliphatic rings. The molecule has 2 rings (SSSR count). The lowest BCUT2D eigenvalue weighted by Crippen LogP contribution is -2.19. The van der Waals surface area contributed by atoms with Gasteiger partial charge in [0.2, 0.25) is 0 Å². The van der Waals surface area contributed by atoms with Gasteiger partial charge in [-0.15, -0.1) is 5.73 Å². The zero-order valence-electron chi connectivity index (χ0n) is 9.75. The van der Waals surface area contributed by atoms with Crippen LogP contribution in [0.3, 0.4) is 0 Å². The van der Waals surface area contributed by atoms with Crippen molar-refractivity contribution in [2.75, 3.05) is 0 Å². The number of rotatable bonds is 0. The van der Waals surface area contributed by atoms with Crippen LogP contribution in [0.2, 0.25) is 0 Å². The monoisotopic (exact) mass is 216 g/mol. The molecule has 1 saturated carbocycles. The van der Waals surface area contributed by atoms with Gasteiger partial charge in [-0.2, -0.15) is 0 Å². The fourth-order valence-corrected chi connectivity index (χ4v) is 1.45. The van der Waals surface area contributed by atoms with Gasteiger partial charge in [-0.25, -0.2) is 0 Å². The Kier molecular flexibility index (Phi) is 4.68. The molecule has 0 bridgehead atoms. The molecule has 1 fully saturated rings. The van der Waals surface area contributed by atoms with E-state index in [1.54, 1.807) is 24.3 Å². The molecule has 0 amide bonds. The van der Waals surface area contributed by atoms with Crippen molar-refractivity contribution in [2.45, 2.75) is 33.1 Å². The number of carbonyl (C=O) groups is 2. The highest BCUT2D eigenvalue weighted by molar-refractivity contribution is 6.17. The average molecular weight is 216 g/mol. The van der Waals surface area contributed by atoms with Gasteiger partial charge in [-0.3, -0.25) is 9.59 Å². The molecule has 0 saturated heterocycles. The van der Waals surface area contributed by atoms with Crippen LogP contribution in [-0.2, 0) is 9.59 Å². The molecule has 0 aromatic heterocycles. The van der Waals surface area contributed by atoms with Crippen LogP contribution in [0.15, 0.2) is 41.2 Å². The van der Waals surface area contributed by atoms with Gasteiger partial charge in [0.25, 0.3) is 0 Å². The fourth-order valence-electron chi connectivity index (χ4n) is 1.45. The molecule has 84 valence electrons. The zero-order valence-corrected chi connectivity index (χ0v) is 9.75. The Balaban J connectivity index is 0.000000386. The molecule has 0 spiro atoms. The van der Waals surface area contributed by atoms with Gasteiger partial charge in [0.1, 0.15) is 0 Å². The topological polar surface area (TPSA) is 34.1 Å². The standard InChI is InChI=1S/C11H8O2.C3H8/c12-10-6-7-11(13)9-5-3-1-2-4-8(9)10;1-3-2/h1-4H,6-7H2;3H2,1-2H3. The largest absolute Gasteiger partial charge is 0.294 e. The van der Waals surface area contributed by atoms with Gasteiger partial charge in [-0.1, -0.05) is 38.5 Å². The van der Waals surface area contributed by atoms with Crippen LogP contribution >= 0.6 is 0 Å². The van der Waals surface area contributed by atoms with Crippen molar-refractivity contribution in [3.8, 4) is 0 Å². The number of fused-ring (bicyclic) bond motifs is 1. The third-order valence-electron chi connectivity index (χ3n) is 2.13. The summed E-state index contributed by atoms with van der Waals surface area (Å²) in [5, 5.41) is 0. The molecule has 16 heavy (non-hydrogen) atoms. The van der Waals surface area contributed by atoms with Gasteiger partial charge >= 0.3 is 0 Å². The first kappa shape index (κ1) is 12.4. The lowest BCUT2D eigenvalue weighted by Gasteiger charge is -2.12. The molecular weight excluding hydrogens is 200 g/mol. The third-order valence-corrected chi connectivity index (χ3v) is 2.13. The number of Topliss-reactive ketones (excluding diaryl/α,β-unsaturated/α-hetero) is 2. The summed E-state index contributed by atoms with van der Waals surface area (Å²) in [5.74, 6) is 0.0628. The van der Waals surface area contributed by atoms with Crippen molar-refractivity contribution < 1.29 is 9.59 Å². The Morgan fingerprint density at radius 1 is 1.12 bits per heavy atom. The van der Waals surface area contributed by atoms with Crippen LogP contribution in [-0.4, -0.2) is 11.6 Å². The molecule has 0 aromatic rings. The number of hydrogen-bond donors (Lipinski definition) is 0. The maximum atomic E-state index is 11.4. The highest BCUT2D eigenvalue weighted by atomic mass is 16.1. The van der Waals surface area contributed by atoms with Crippen molar-refractivity contribution in [1.29, 1.82) is 0 Å². The van der Waals surface area contributed by atoms with E-state index in [1.807, 2.05) is 0 Å². The SMILES string of the molecule is CCC.O=C1CCC(=O)C2=CC=CC=C=C12. The average Bonchev–Trinajstić information content (AvgIpc) is 2.51. The first-order chi connectivity index (χ1) is 7.70. The van der Waals surface area contributed by atoms with Gasteiger partial charge in [0.15, 0.2) is 11.6 Å². The Labute approximate surface area is 96.0 Å². The first-order valence-corrected chi connectivity index (χ1v) is 5.61. The van der Waals surface area contributed by atoms with Gasteiger partial charge < -0.3 is 0 Å². The van der Waals surface area contributed by atoms with Gasteiger partial charge in [0.05, 0.1) is 5.57 Å². The molecule has 0 heterocycles. The molecule has 2 aliphatic carbocycles. The van der Waals surface area contributed by atoms with E-state index in [0.717, 1.165) is 0 Å². The zero-order chi connectivity index (χ0) is 12.0.